The molecular weight excluding hydrogens is 264 g/mol. The Morgan fingerprint density at radius 2 is 2.16 bits per heavy atom. The van der Waals surface area contributed by atoms with Crippen molar-refractivity contribution in [3.8, 4) is 0 Å². The van der Waals surface area contributed by atoms with Crippen LogP contribution in [0.25, 0.3) is 0 Å². The number of hydrogen-bond donors (Lipinski definition) is 2. The van der Waals surface area contributed by atoms with Crippen LogP contribution in [-0.4, -0.2) is 22.9 Å². The maximum atomic E-state index is 12.2. The highest BCUT2D eigenvalue weighted by Crippen LogP contribution is 2.20. The van der Waals surface area contributed by atoms with Crippen LogP contribution in [0.15, 0.2) is 30.6 Å². The molecule has 2 rings (SSSR count). The minimum atomic E-state index is -0.308. The van der Waals surface area contributed by atoms with Crippen LogP contribution in [0.1, 0.15) is 16.1 Å². The van der Waals surface area contributed by atoms with Crippen LogP contribution < -0.4 is 10.6 Å². The molecular formula is C13H13ClN4O. The molecule has 0 fully saturated rings. The van der Waals surface area contributed by atoms with Crippen LogP contribution in [0, 0.1) is 6.92 Å². The van der Waals surface area contributed by atoms with E-state index in [2.05, 4.69) is 20.6 Å². The number of amides is 1. The lowest BCUT2D eigenvalue weighted by atomic mass is 10.2. The number of carbonyl (C=O) groups is 1. The molecule has 0 aliphatic heterocycles. The second-order valence-corrected chi connectivity index (χ2v) is 4.32. The third-order valence-corrected chi connectivity index (χ3v) is 2.85. The van der Waals surface area contributed by atoms with Gasteiger partial charge in [0.05, 0.1) is 16.3 Å². The molecule has 5 nitrogen and oxygen atoms in total. The van der Waals surface area contributed by atoms with Gasteiger partial charge < -0.3 is 10.6 Å². The summed E-state index contributed by atoms with van der Waals surface area (Å²) in [4.78, 5) is 20.3. The van der Waals surface area contributed by atoms with Crippen molar-refractivity contribution in [2.24, 2.45) is 0 Å². The van der Waals surface area contributed by atoms with E-state index in [-0.39, 0.29) is 5.91 Å². The first-order valence-corrected chi connectivity index (χ1v) is 6.06. The molecule has 6 heteroatoms. The van der Waals surface area contributed by atoms with Crippen molar-refractivity contribution in [3.05, 3.63) is 46.9 Å². The van der Waals surface area contributed by atoms with E-state index in [9.17, 15) is 4.79 Å². The minimum absolute atomic E-state index is 0.308. The predicted molar refractivity (Wildman–Crippen MR) is 75.7 cm³/mol. The Morgan fingerprint density at radius 1 is 1.37 bits per heavy atom. The van der Waals surface area contributed by atoms with Crippen LogP contribution in [0.5, 0.6) is 0 Å². The van der Waals surface area contributed by atoms with Crippen LogP contribution in [-0.2, 0) is 0 Å². The fraction of sp³-hybridized carbons (Fsp3) is 0.154. The lowest BCUT2D eigenvalue weighted by molar-refractivity contribution is 0.102. The first kappa shape index (κ1) is 13.3. The predicted octanol–water partition coefficient (Wildman–Crippen LogP) is 2.73. The van der Waals surface area contributed by atoms with E-state index in [1.165, 1.54) is 6.20 Å². The smallest absolute Gasteiger partial charge is 0.260 e. The summed E-state index contributed by atoms with van der Waals surface area (Å²) in [5.74, 6) is 0.0224. The molecule has 0 atom stereocenters. The Balaban J connectivity index is 2.28. The van der Waals surface area contributed by atoms with Gasteiger partial charge in [0.15, 0.2) is 5.82 Å². The highest BCUT2D eigenvalue weighted by atomic mass is 35.5. The highest BCUT2D eigenvalue weighted by molar-refractivity contribution is 6.33. The molecule has 0 saturated carbocycles. The molecule has 0 aromatic carbocycles. The summed E-state index contributed by atoms with van der Waals surface area (Å²) in [6.45, 7) is 1.86. The number of aromatic nitrogens is 2. The van der Waals surface area contributed by atoms with Gasteiger partial charge in [0.25, 0.3) is 5.91 Å². The molecule has 0 saturated heterocycles. The second-order valence-electron chi connectivity index (χ2n) is 3.91. The molecule has 2 heterocycles. The summed E-state index contributed by atoms with van der Waals surface area (Å²) in [5, 5.41) is 6.01. The van der Waals surface area contributed by atoms with Crippen molar-refractivity contribution < 1.29 is 4.79 Å². The summed E-state index contributed by atoms with van der Waals surface area (Å²) in [6, 6.07) is 5.16. The van der Waals surface area contributed by atoms with Crippen molar-refractivity contribution in [1.82, 2.24) is 9.97 Å². The van der Waals surface area contributed by atoms with E-state index in [1.54, 1.807) is 31.4 Å². The number of hydrogen-bond acceptors (Lipinski definition) is 4. The summed E-state index contributed by atoms with van der Waals surface area (Å²) in [7, 11) is 1.75. The van der Waals surface area contributed by atoms with Gasteiger partial charge in [-0.25, -0.2) is 4.98 Å². The van der Waals surface area contributed by atoms with Crippen LogP contribution in [0.4, 0.5) is 11.5 Å². The number of halogens is 1. The fourth-order valence-corrected chi connectivity index (χ4v) is 1.77. The third kappa shape index (κ3) is 3.00. The van der Waals surface area contributed by atoms with Gasteiger partial charge in [-0.05, 0) is 25.1 Å². The SMILES string of the molecule is CNc1cc(C)ncc1C(=O)Nc1ncccc1Cl. The number of pyridine rings is 2. The molecule has 0 unspecified atom stereocenters. The quantitative estimate of drug-likeness (QED) is 0.905. The summed E-state index contributed by atoms with van der Waals surface area (Å²) in [5.41, 5.74) is 1.98. The molecule has 2 N–H and O–H groups in total. The topological polar surface area (TPSA) is 66.9 Å². The largest absolute Gasteiger partial charge is 0.387 e. The molecule has 2 aromatic rings. The lowest BCUT2D eigenvalue weighted by Gasteiger charge is -2.10. The maximum absolute atomic E-state index is 12.2. The van der Waals surface area contributed by atoms with Crippen molar-refractivity contribution in [2.75, 3.05) is 17.7 Å². The van der Waals surface area contributed by atoms with E-state index in [0.29, 0.717) is 22.1 Å². The van der Waals surface area contributed by atoms with Gasteiger partial charge in [0, 0.05) is 25.1 Å². The molecule has 0 radical (unpaired) electrons. The van der Waals surface area contributed by atoms with Gasteiger partial charge in [-0.15, -0.1) is 0 Å². The van der Waals surface area contributed by atoms with Gasteiger partial charge in [-0.1, -0.05) is 11.6 Å². The molecule has 19 heavy (non-hydrogen) atoms. The number of anilines is 2. The van der Waals surface area contributed by atoms with E-state index in [4.69, 9.17) is 11.6 Å². The van der Waals surface area contributed by atoms with Crippen molar-refractivity contribution in [1.29, 1.82) is 0 Å². The zero-order chi connectivity index (χ0) is 13.8. The second kappa shape index (κ2) is 5.67. The van der Waals surface area contributed by atoms with Crippen LogP contribution in [0.2, 0.25) is 5.02 Å². The van der Waals surface area contributed by atoms with E-state index >= 15 is 0 Å². The first-order chi connectivity index (χ1) is 9.11. The Kier molecular flexibility index (Phi) is 3.97. The number of nitrogens with zero attached hydrogens (tertiary/aromatic N) is 2. The van der Waals surface area contributed by atoms with E-state index < -0.39 is 0 Å². The Labute approximate surface area is 116 Å². The zero-order valence-electron chi connectivity index (χ0n) is 10.6. The van der Waals surface area contributed by atoms with Gasteiger partial charge >= 0.3 is 0 Å². The first-order valence-electron chi connectivity index (χ1n) is 5.68. The van der Waals surface area contributed by atoms with Crippen molar-refractivity contribution in [3.63, 3.8) is 0 Å². The molecule has 98 valence electrons. The number of carbonyl (C=O) groups excluding carboxylic acids is 1. The highest BCUT2D eigenvalue weighted by Gasteiger charge is 2.13. The fourth-order valence-electron chi connectivity index (χ4n) is 1.60. The molecule has 0 aliphatic rings. The third-order valence-electron chi connectivity index (χ3n) is 2.55. The van der Waals surface area contributed by atoms with E-state index in [1.807, 2.05) is 6.92 Å². The Bertz CT molecular complexity index is 615. The zero-order valence-corrected chi connectivity index (χ0v) is 11.3. The molecule has 0 spiro atoms. The van der Waals surface area contributed by atoms with Gasteiger partial charge in [0.1, 0.15) is 0 Å². The summed E-state index contributed by atoms with van der Waals surface area (Å²) in [6.07, 6.45) is 3.08. The Hall–Kier alpha value is -2.14. The maximum Gasteiger partial charge on any atom is 0.260 e. The lowest BCUT2D eigenvalue weighted by Crippen LogP contribution is -2.15. The summed E-state index contributed by atoms with van der Waals surface area (Å²) < 4.78 is 0. The number of aryl methyl sites for hydroxylation is 1. The molecule has 0 aliphatic carbocycles. The molecule has 1 amide bonds. The monoisotopic (exact) mass is 276 g/mol. The molecule has 0 bridgehead atoms. The standard InChI is InChI=1S/C13H13ClN4O/c1-8-6-11(15-2)9(7-17-8)13(19)18-12-10(14)4-3-5-16-12/h3-7H,1-2H3,(H,15,17)(H,16,18,19). The van der Waals surface area contributed by atoms with Crippen LogP contribution >= 0.6 is 11.6 Å². The number of nitrogens with one attached hydrogen (secondary N) is 2. The minimum Gasteiger partial charge on any atom is -0.387 e. The normalized spacial score (nSPS) is 10.1. The summed E-state index contributed by atoms with van der Waals surface area (Å²) >= 11 is 5.95. The van der Waals surface area contributed by atoms with Crippen LogP contribution in [0.3, 0.4) is 0 Å². The molecule has 2 aromatic heterocycles. The van der Waals surface area contributed by atoms with E-state index in [0.717, 1.165) is 5.69 Å². The van der Waals surface area contributed by atoms with Gasteiger partial charge in [-0.2, -0.15) is 0 Å². The van der Waals surface area contributed by atoms with Crippen molar-refractivity contribution in [2.45, 2.75) is 6.92 Å². The Morgan fingerprint density at radius 3 is 2.84 bits per heavy atom. The van der Waals surface area contributed by atoms with Crippen molar-refractivity contribution >= 4 is 29.0 Å². The average molecular weight is 277 g/mol. The average Bonchev–Trinajstić information content (AvgIpc) is 2.41. The van der Waals surface area contributed by atoms with Gasteiger partial charge in [-0.3, -0.25) is 9.78 Å². The number of rotatable bonds is 3. The van der Waals surface area contributed by atoms with Gasteiger partial charge in [0.2, 0.25) is 0 Å².